The second-order valence-corrected chi connectivity index (χ2v) is 8.45. The van der Waals surface area contributed by atoms with Gasteiger partial charge in [-0.05, 0) is 32.2 Å². The number of hydrogen-bond donors (Lipinski definition) is 2. The molecule has 1 aromatic heterocycles. The van der Waals surface area contributed by atoms with Gasteiger partial charge in [-0.2, -0.15) is 0 Å². The highest BCUT2D eigenvalue weighted by Gasteiger charge is 2.18. The molecule has 0 bridgehead atoms. The van der Waals surface area contributed by atoms with Crippen LogP contribution in [0.1, 0.15) is 25.6 Å². The average molecular weight is 301 g/mol. The molecule has 108 valence electrons. The van der Waals surface area contributed by atoms with Crippen LogP contribution in [0.15, 0.2) is 22.5 Å². The van der Waals surface area contributed by atoms with Crippen LogP contribution >= 0.6 is 11.3 Å². The Bertz CT molecular complexity index is 422. The van der Waals surface area contributed by atoms with E-state index >= 15 is 0 Å². The first-order valence-electron chi connectivity index (χ1n) is 6.29. The zero-order chi connectivity index (χ0) is 14.3. The van der Waals surface area contributed by atoms with E-state index < -0.39 is 10.8 Å². The molecule has 1 heterocycles. The molecule has 0 amide bonds. The fraction of sp³-hybridized carbons (Fsp3) is 0.615. The van der Waals surface area contributed by atoms with Crippen molar-refractivity contribution in [2.45, 2.75) is 32.1 Å². The molecule has 6 heteroatoms. The molecule has 0 saturated heterocycles. The summed E-state index contributed by atoms with van der Waals surface area (Å²) >= 11 is 1.71. The summed E-state index contributed by atoms with van der Waals surface area (Å²) in [5, 5.41) is 8.48. The normalized spacial score (nSPS) is 14.2. The van der Waals surface area contributed by atoms with Gasteiger partial charge in [0, 0.05) is 39.8 Å². The highest BCUT2D eigenvalue weighted by molar-refractivity contribution is 7.86. The maximum Gasteiger partial charge on any atom is 0.191 e. The molecule has 0 spiro atoms. The SMILES string of the molecule is CN=C(NCCS(=O)C(C)(C)C)NCc1cccs1. The molecule has 0 saturated carbocycles. The Balaban J connectivity index is 2.28. The van der Waals surface area contributed by atoms with E-state index in [-0.39, 0.29) is 4.75 Å². The van der Waals surface area contributed by atoms with Crippen LogP contribution in [0.25, 0.3) is 0 Å². The van der Waals surface area contributed by atoms with Gasteiger partial charge >= 0.3 is 0 Å². The van der Waals surface area contributed by atoms with Crippen molar-refractivity contribution in [2.24, 2.45) is 4.99 Å². The van der Waals surface area contributed by atoms with Gasteiger partial charge in [0.15, 0.2) is 5.96 Å². The van der Waals surface area contributed by atoms with E-state index in [1.807, 2.05) is 26.8 Å². The maximum atomic E-state index is 11.9. The summed E-state index contributed by atoms with van der Waals surface area (Å²) in [5.41, 5.74) is 0. The van der Waals surface area contributed by atoms with Crippen LogP contribution in [0.2, 0.25) is 0 Å². The van der Waals surface area contributed by atoms with Crippen LogP contribution in [0, 0.1) is 0 Å². The van der Waals surface area contributed by atoms with Crippen molar-refractivity contribution in [2.75, 3.05) is 19.3 Å². The Morgan fingerprint density at radius 2 is 2.16 bits per heavy atom. The lowest BCUT2D eigenvalue weighted by atomic mass is 10.3. The summed E-state index contributed by atoms with van der Waals surface area (Å²) in [4.78, 5) is 5.41. The highest BCUT2D eigenvalue weighted by atomic mass is 32.2. The van der Waals surface area contributed by atoms with E-state index in [4.69, 9.17) is 0 Å². The maximum absolute atomic E-state index is 11.9. The molecule has 0 aliphatic rings. The molecule has 0 radical (unpaired) electrons. The van der Waals surface area contributed by atoms with E-state index in [1.165, 1.54) is 4.88 Å². The molecule has 1 unspecified atom stereocenters. The lowest BCUT2D eigenvalue weighted by Crippen LogP contribution is -2.39. The fourth-order valence-electron chi connectivity index (χ4n) is 1.37. The smallest absolute Gasteiger partial charge is 0.191 e. The minimum Gasteiger partial charge on any atom is -0.355 e. The van der Waals surface area contributed by atoms with Gasteiger partial charge in [0.2, 0.25) is 0 Å². The number of aliphatic imine (C=N–C) groups is 1. The van der Waals surface area contributed by atoms with E-state index in [9.17, 15) is 4.21 Å². The molecule has 0 fully saturated rings. The Hall–Kier alpha value is -0.880. The Morgan fingerprint density at radius 1 is 1.42 bits per heavy atom. The van der Waals surface area contributed by atoms with Crippen molar-refractivity contribution < 1.29 is 4.21 Å². The topological polar surface area (TPSA) is 53.5 Å². The second-order valence-electron chi connectivity index (χ2n) is 5.09. The first kappa shape index (κ1) is 16.2. The highest BCUT2D eigenvalue weighted by Crippen LogP contribution is 2.10. The Kier molecular flexibility index (Phi) is 6.51. The van der Waals surface area contributed by atoms with Gasteiger partial charge in [-0.15, -0.1) is 11.3 Å². The summed E-state index contributed by atoms with van der Waals surface area (Å²) in [6.45, 7) is 7.40. The monoisotopic (exact) mass is 301 g/mol. The molecule has 1 rings (SSSR count). The van der Waals surface area contributed by atoms with Crippen molar-refractivity contribution in [1.82, 2.24) is 10.6 Å². The quantitative estimate of drug-likeness (QED) is 0.646. The fourth-order valence-corrected chi connectivity index (χ4v) is 2.92. The van der Waals surface area contributed by atoms with Crippen LogP contribution in [0.4, 0.5) is 0 Å². The standard InChI is InChI=1S/C13H23N3OS2/c1-13(2,3)19(17)9-7-15-12(14-4)16-10-11-6-5-8-18-11/h5-6,8H,7,9-10H2,1-4H3,(H2,14,15,16). The minimum atomic E-state index is -0.832. The third-order valence-corrected chi connectivity index (χ3v) is 5.31. The van der Waals surface area contributed by atoms with Crippen molar-refractivity contribution in [3.8, 4) is 0 Å². The Morgan fingerprint density at radius 3 is 2.68 bits per heavy atom. The molecule has 0 aliphatic carbocycles. The van der Waals surface area contributed by atoms with Crippen LogP contribution in [0.5, 0.6) is 0 Å². The number of nitrogens with one attached hydrogen (secondary N) is 2. The molecule has 0 aliphatic heterocycles. The van der Waals surface area contributed by atoms with Crippen molar-refractivity contribution >= 4 is 28.1 Å². The molecule has 1 aromatic rings. The second kappa shape index (κ2) is 7.65. The summed E-state index contributed by atoms with van der Waals surface area (Å²) in [6.07, 6.45) is 0. The van der Waals surface area contributed by atoms with Gasteiger partial charge in [0.25, 0.3) is 0 Å². The average Bonchev–Trinajstić information content (AvgIpc) is 2.85. The lowest BCUT2D eigenvalue weighted by Gasteiger charge is -2.18. The van der Waals surface area contributed by atoms with Gasteiger partial charge in [-0.1, -0.05) is 6.07 Å². The largest absolute Gasteiger partial charge is 0.355 e. The van der Waals surface area contributed by atoms with Gasteiger partial charge < -0.3 is 10.6 Å². The molecule has 2 N–H and O–H groups in total. The number of nitrogens with zero attached hydrogens (tertiary/aromatic N) is 1. The first-order valence-corrected chi connectivity index (χ1v) is 8.48. The van der Waals surface area contributed by atoms with E-state index in [0.717, 1.165) is 12.5 Å². The van der Waals surface area contributed by atoms with Gasteiger partial charge in [-0.3, -0.25) is 9.20 Å². The summed E-state index contributed by atoms with van der Waals surface area (Å²) in [7, 11) is 0.908. The van der Waals surface area contributed by atoms with E-state index in [2.05, 4.69) is 27.1 Å². The van der Waals surface area contributed by atoms with Crippen LogP contribution in [-0.2, 0) is 17.3 Å². The summed E-state index contributed by atoms with van der Waals surface area (Å²) in [5.74, 6) is 1.38. The van der Waals surface area contributed by atoms with Crippen LogP contribution in [0.3, 0.4) is 0 Å². The zero-order valence-electron chi connectivity index (χ0n) is 12.0. The minimum absolute atomic E-state index is 0.157. The summed E-state index contributed by atoms with van der Waals surface area (Å²) < 4.78 is 11.7. The molecule has 0 aromatic carbocycles. The number of rotatable bonds is 5. The van der Waals surface area contributed by atoms with Gasteiger partial charge in [0.05, 0.1) is 6.54 Å². The number of guanidine groups is 1. The Labute approximate surface area is 122 Å². The predicted octanol–water partition coefficient (Wildman–Crippen LogP) is 1.96. The third-order valence-electron chi connectivity index (χ3n) is 2.50. The molecule has 4 nitrogen and oxygen atoms in total. The third kappa shape index (κ3) is 6.20. The van der Waals surface area contributed by atoms with Crippen LogP contribution < -0.4 is 10.6 Å². The first-order chi connectivity index (χ1) is 8.93. The van der Waals surface area contributed by atoms with Crippen molar-refractivity contribution in [1.29, 1.82) is 0 Å². The van der Waals surface area contributed by atoms with Crippen molar-refractivity contribution in [3.05, 3.63) is 22.4 Å². The molecule has 1 atom stereocenters. The summed E-state index contributed by atoms with van der Waals surface area (Å²) in [6, 6.07) is 4.12. The zero-order valence-corrected chi connectivity index (χ0v) is 13.7. The van der Waals surface area contributed by atoms with Gasteiger partial charge in [0.1, 0.15) is 0 Å². The van der Waals surface area contributed by atoms with Gasteiger partial charge in [-0.25, -0.2) is 0 Å². The number of thiophene rings is 1. The van der Waals surface area contributed by atoms with Crippen molar-refractivity contribution in [3.63, 3.8) is 0 Å². The van der Waals surface area contributed by atoms with Crippen LogP contribution in [-0.4, -0.2) is 34.3 Å². The number of hydrogen-bond acceptors (Lipinski definition) is 3. The molecule has 19 heavy (non-hydrogen) atoms. The van der Waals surface area contributed by atoms with E-state index in [1.54, 1.807) is 18.4 Å². The molecular weight excluding hydrogens is 278 g/mol. The molecular formula is C13H23N3OS2. The lowest BCUT2D eigenvalue weighted by molar-refractivity contribution is 0.647. The predicted molar refractivity (Wildman–Crippen MR) is 85.3 cm³/mol. The van der Waals surface area contributed by atoms with E-state index in [0.29, 0.717) is 12.3 Å².